The second kappa shape index (κ2) is 8.59. The Morgan fingerprint density at radius 1 is 1.10 bits per heavy atom. The van der Waals surface area contributed by atoms with Gasteiger partial charge in [-0.25, -0.2) is 0 Å². The van der Waals surface area contributed by atoms with Gasteiger partial charge in [-0.15, -0.1) is 10.2 Å². The predicted octanol–water partition coefficient (Wildman–Crippen LogP) is 5.53. The Bertz CT molecular complexity index is 1230. The van der Waals surface area contributed by atoms with Gasteiger partial charge >= 0.3 is 0 Å². The number of rotatable bonds is 5. The number of benzene rings is 2. The van der Waals surface area contributed by atoms with Gasteiger partial charge in [0, 0.05) is 40.9 Å². The Kier molecular flexibility index (Phi) is 5.51. The number of para-hydroxylation sites is 1. The van der Waals surface area contributed by atoms with Crippen molar-refractivity contribution >= 4 is 34.3 Å². The summed E-state index contributed by atoms with van der Waals surface area (Å²) in [5.41, 5.74) is 3.40. The van der Waals surface area contributed by atoms with Crippen molar-refractivity contribution in [2.45, 2.75) is 38.0 Å². The molecule has 1 amide bonds. The fourth-order valence-corrected chi connectivity index (χ4v) is 4.73. The maximum Gasteiger partial charge on any atom is 0.291 e. The first-order valence-electron chi connectivity index (χ1n) is 10.6. The van der Waals surface area contributed by atoms with E-state index >= 15 is 0 Å². The first-order chi connectivity index (χ1) is 15.2. The molecule has 6 nitrogen and oxygen atoms in total. The molecule has 1 N–H and O–H groups in total. The van der Waals surface area contributed by atoms with Gasteiger partial charge in [-0.3, -0.25) is 4.79 Å². The van der Waals surface area contributed by atoms with Crippen LogP contribution in [0.15, 0.2) is 52.9 Å². The van der Waals surface area contributed by atoms with Crippen LogP contribution >= 0.6 is 11.8 Å². The molecular weight excluding hydrogens is 408 g/mol. The predicted molar refractivity (Wildman–Crippen MR) is 124 cm³/mol. The fourth-order valence-electron chi connectivity index (χ4n) is 4.16. The lowest BCUT2D eigenvalue weighted by Crippen LogP contribution is -2.12. The third-order valence-electron chi connectivity index (χ3n) is 5.70. The van der Waals surface area contributed by atoms with Crippen LogP contribution in [-0.4, -0.2) is 26.9 Å². The number of nitrogens with zero attached hydrogens (tertiary/aromatic N) is 3. The molecule has 2 aromatic heterocycles. The average Bonchev–Trinajstić information content (AvgIpc) is 3.28. The topological polar surface area (TPSA) is 73.0 Å². The van der Waals surface area contributed by atoms with Crippen molar-refractivity contribution in [1.82, 2.24) is 14.8 Å². The van der Waals surface area contributed by atoms with Gasteiger partial charge in [-0.1, -0.05) is 24.6 Å². The van der Waals surface area contributed by atoms with Crippen LogP contribution in [0.3, 0.4) is 0 Å². The van der Waals surface area contributed by atoms with Gasteiger partial charge in [0.1, 0.15) is 11.4 Å². The fraction of sp³-hybridized carbons (Fsp3) is 0.292. The van der Waals surface area contributed by atoms with Gasteiger partial charge in [-0.2, -0.15) is 11.8 Å². The second-order valence-electron chi connectivity index (χ2n) is 7.77. The smallest absolute Gasteiger partial charge is 0.291 e. The SMILES string of the molecule is CSCc1c(C(=O)Nc2ccc(-c3nnc4n3CCCCC4)cc2)oc2ccccc12. The van der Waals surface area contributed by atoms with E-state index in [9.17, 15) is 4.79 Å². The van der Waals surface area contributed by atoms with E-state index in [2.05, 4.69) is 20.1 Å². The van der Waals surface area contributed by atoms with E-state index in [1.165, 1.54) is 12.8 Å². The summed E-state index contributed by atoms with van der Waals surface area (Å²) in [6.07, 6.45) is 6.56. The highest BCUT2D eigenvalue weighted by Crippen LogP contribution is 2.30. The molecule has 4 aromatic rings. The number of thioether (sulfide) groups is 1. The Balaban J connectivity index is 1.38. The first kappa shape index (κ1) is 19.9. The third-order valence-corrected chi connectivity index (χ3v) is 6.28. The molecule has 2 aromatic carbocycles. The largest absolute Gasteiger partial charge is 0.451 e. The van der Waals surface area contributed by atoms with Gasteiger partial charge in [0.05, 0.1) is 0 Å². The summed E-state index contributed by atoms with van der Waals surface area (Å²) in [4.78, 5) is 13.0. The minimum Gasteiger partial charge on any atom is -0.451 e. The third kappa shape index (κ3) is 3.85. The van der Waals surface area contributed by atoms with E-state index in [1.807, 2.05) is 54.8 Å². The van der Waals surface area contributed by atoms with Crippen LogP contribution in [-0.2, 0) is 18.7 Å². The number of carbonyl (C=O) groups is 1. The van der Waals surface area contributed by atoms with E-state index in [1.54, 1.807) is 11.8 Å². The molecule has 1 aliphatic rings. The summed E-state index contributed by atoms with van der Waals surface area (Å²) in [6.45, 7) is 0.959. The lowest BCUT2D eigenvalue weighted by Gasteiger charge is -2.08. The lowest BCUT2D eigenvalue weighted by atomic mass is 10.1. The van der Waals surface area contributed by atoms with Crippen molar-refractivity contribution in [2.24, 2.45) is 0 Å². The van der Waals surface area contributed by atoms with E-state index in [0.29, 0.717) is 5.76 Å². The summed E-state index contributed by atoms with van der Waals surface area (Å²) in [5.74, 6) is 2.83. The van der Waals surface area contributed by atoms with Gasteiger partial charge < -0.3 is 14.3 Å². The minimum absolute atomic E-state index is 0.232. The average molecular weight is 433 g/mol. The van der Waals surface area contributed by atoms with Crippen LogP contribution in [0.1, 0.15) is 41.2 Å². The van der Waals surface area contributed by atoms with Crippen molar-refractivity contribution in [3.05, 3.63) is 65.7 Å². The van der Waals surface area contributed by atoms with E-state index in [0.717, 1.165) is 64.6 Å². The molecular formula is C24H24N4O2S. The molecule has 3 heterocycles. The zero-order chi connectivity index (χ0) is 21.2. The molecule has 31 heavy (non-hydrogen) atoms. The normalized spacial score (nSPS) is 13.7. The molecule has 7 heteroatoms. The van der Waals surface area contributed by atoms with Crippen LogP contribution in [0.2, 0.25) is 0 Å². The van der Waals surface area contributed by atoms with Crippen LogP contribution in [0, 0.1) is 0 Å². The summed E-state index contributed by atoms with van der Waals surface area (Å²) in [7, 11) is 0. The molecule has 0 radical (unpaired) electrons. The summed E-state index contributed by atoms with van der Waals surface area (Å²) < 4.78 is 8.12. The molecule has 158 valence electrons. The van der Waals surface area contributed by atoms with Crippen LogP contribution < -0.4 is 5.32 Å². The molecule has 0 atom stereocenters. The number of hydrogen-bond acceptors (Lipinski definition) is 5. The number of aromatic nitrogens is 3. The zero-order valence-electron chi connectivity index (χ0n) is 17.4. The molecule has 0 saturated heterocycles. The van der Waals surface area contributed by atoms with Crippen molar-refractivity contribution in [3.8, 4) is 11.4 Å². The number of carbonyl (C=O) groups excluding carboxylic acids is 1. The van der Waals surface area contributed by atoms with E-state index in [-0.39, 0.29) is 5.91 Å². The summed E-state index contributed by atoms with van der Waals surface area (Å²) in [6, 6.07) is 15.6. The molecule has 0 spiro atoms. The lowest BCUT2D eigenvalue weighted by molar-refractivity contribution is 0.0998. The van der Waals surface area contributed by atoms with E-state index < -0.39 is 0 Å². The zero-order valence-corrected chi connectivity index (χ0v) is 18.2. The number of aryl methyl sites for hydroxylation is 1. The standard InChI is InChI=1S/C24H24N4O2S/c1-31-15-19-18-7-4-5-8-20(18)30-22(19)24(29)25-17-12-10-16(11-13-17)23-27-26-21-9-3-2-6-14-28(21)23/h4-5,7-8,10-13H,2-3,6,9,14-15H2,1H3,(H,25,29). The molecule has 0 bridgehead atoms. The van der Waals surface area contributed by atoms with E-state index in [4.69, 9.17) is 4.42 Å². The molecule has 0 aliphatic carbocycles. The number of fused-ring (bicyclic) bond motifs is 2. The van der Waals surface area contributed by atoms with Gasteiger partial charge in [0.25, 0.3) is 5.91 Å². The first-order valence-corrected chi connectivity index (χ1v) is 12.0. The van der Waals surface area contributed by atoms with Crippen molar-refractivity contribution in [1.29, 1.82) is 0 Å². The maximum atomic E-state index is 13.0. The number of anilines is 1. The second-order valence-corrected chi connectivity index (χ2v) is 8.64. The highest BCUT2D eigenvalue weighted by Gasteiger charge is 2.21. The number of furan rings is 1. The van der Waals surface area contributed by atoms with Crippen molar-refractivity contribution in [3.63, 3.8) is 0 Å². The highest BCUT2D eigenvalue weighted by molar-refractivity contribution is 7.97. The van der Waals surface area contributed by atoms with Gasteiger partial charge in [0.15, 0.2) is 11.6 Å². The Morgan fingerprint density at radius 2 is 1.94 bits per heavy atom. The van der Waals surface area contributed by atoms with Crippen LogP contribution in [0.25, 0.3) is 22.4 Å². The monoisotopic (exact) mass is 432 g/mol. The molecule has 5 rings (SSSR count). The maximum absolute atomic E-state index is 13.0. The molecule has 0 fully saturated rings. The Labute approximate surface area is 185 Å². The summed E-state index contributed by atoms with van der Waals surface area (Å²) >= 11 is 1.67. The molecule has 0 saturated carbocycles. The number of nitrogens with one attached hydrogen (secondary N) is 1. The van der Waals surface area contributed by atoms with Gasteiger partial charge in [-0.05, 0) is 49.4 Å². The molecule has 1 aliphatic heterocycles. The van der Waals surface area contributed by atoms with Crippen molar-refractivity contribution < 1.29 is 9.21 Å². The summed E-state index contributed by atoms with van der Waals surface area (Å²) in [5, 5.41) is 12.8. The minimum atomic E-state index is -0.232. The van der Waals surface area contributed by atoms with Crippen LogP contribution in [0.4, 0.5) is 5.69 Å². The number of amides is 1. The Hall–Kier alpha value is -3.06. The van der Waals surface area contributed by atoms with Crippen LogP contribution in [0.5, 0.6) is 0 Å². The van der Waals surface area contributed by atoms with Gasteiger partial charge in [0.2, 0.25) is 0 Å². The quantitative estimate of drug-likeness (QED) is 0.449. The van der Waals surface area contributed by atoms with Crippen molar-refractivity contribution in [2.75, 3.05) is 11.6 Å². The molecule has 0 unspecified atom stereocenters. The number of hydrogen-bond donors (Lipinski definition) is 1. The Morgan fingerprint density at radius 3 is 2.77 bits per heavy atom. The highest BCUT2D eigenvalue weighted by atomic mass is 32.2.